The summed E-state index contributed by atoms with van der Waals surface area (Å²) in [5.41, 5.74) is 1.93. The van der Waals surface area contributed by atoms with Gasteiger partial charge in [0.05, 0.1) is 19.3 Å². The molecule has 29 heavy (non-hydrogen) atoms. The van der Waals surface area contributed by atoms with Crippen molar-refractivity contribution in [2.24, 2.45) is 0 Å². The highest BCUT2D eigenvalue weighted by Gasteiger charge is 2.18. The van der Waals surface area contributed by atoms with Gasteiger partial charge in [-0.25, -0.2) is 4.79 Å². The predicted molar refractivity (Wildman–Crippen MR) is 107 cm³/mol. The van der Waals surface area contributed by atoms with Crippen molar-refractivity contribution in [2.45, 2.75) is 18.7 Å². The van der Waals surface area contributed by atoms with Crippen LogP contribution < -0.4 is 15.4 Å². The number of halogens is 1. The van der Waals surface area contributed by atoms with E-state index in [0.29, 0.717) is 25.3 Å². The molecular formula is C21H23FN4O3. The summed E-state index contributed by atoms with van der Waals surface area (Å²) in [5.74, 6) is 0.433. The fourth-order valence-corrected chi connectivity index (χ4v) is 3.56. The van der Waals surface area contributed by atoms with Crippen LogP contribution in [-0.2, 0) is 4.74 Å². The Kier molecular flexibility index (Phi) is 6.02. The fraction of sp³-hybridized carbons (Fsp3) is 0.333. The summed E-state index contributed by atoms with van der Waals surface area (Å²) in [6.45, 7) is 1.43. The average Bonchev–Trinajstić information content (AvgIpc) is 3.16. The number of nitrogens with zero attached hydrogens (tertiary/aromatic N) is 2. The van der Waals surface area contributed by atoms with Crippen molar-refractivity contribution >= 4 is 17.0 Å². The van der Waals surface area contributed by atoms with E-state index in [1.807, 2.05) is 35.0 Å². The smallest absolute Gasteiger partial charge is 0.410 e. The summed E-state index contributed by atoms with van der Waals surface area (Å²) >= 11 is 0. The highest BCUT2D eigenvalue weighted by molar-refractivity contribution is 5.83. The predicted octanol–water partition coefficient (Wildman–Crippen LogP) is 3.02. The van der Waals surface area contributed by atoms with Gasteiger partial charge in [0.2, 0.25) is 0 Å². The Morgan fingerprint density at radius 3 is 2.97 bits per heavy atom. The molecule has 0 bridgehead atoms. The van der Waals surface area contributed by atoms with Gasteiger partial charge in [-0.05, 0) is 42.0 Å². The van der Waals surface area contributed by atoms with E-state index in [2.05, 4.69) is 15.6 Å². The van der Waals surface area contributed by atoms with Crippen molar-refractivity contribution in [3.05, 3.63) is 60.6 Å². The lowest BCUT2D eigenvalue weighted by atomic mass is 10.1. The van der Waals surface area contributed by atoms with Crippen LogP contribution in [0.15, 0.2) is 55.0 Å². The molecule has 2 atom stereocenters. The lowest BCUT2D eigenvalue weighted by Crippen LogP contribution is -2.49. The van der Waals surface area contributed by atoms with Crippen molar-refractivity contribution in [3.8, 4) is 5.75 Å². The van der Waals surface area contributed by atoms with Gasteiger partial charge < -0.3 is 19.4 Å². The first-order chi connectivity index (χ1) is 14.2. The van der Waals surface area contributed by atoms with Gasteiger partial charge >= 0.3 is 6.09 Å². The lowest BCUT2D eigenvalue weighted by Gasteiger charge is -2.23. The quantitative estimate of drug-likeness (QED) is 0.668. The van der Waals surface area contributed by atoms with Crippen molar-refractivity contribution < 1.29 is 18.7 Å². The Bertz CT molecular complexity index is 957. The first-order valence-electron chi connectivity index (χ1n) is 9.62. The van der Waals surface area contributed by atoms with Gasteiger partial charge in [0.25, 0.3) is 0 Å². The fourth-order valence-electron chi connectivity index (χ4n) is 3.56. The summed E-state index contributed by atoms with van der Waals surface area (Å²) < 4.78 is 26.1. The molecule has 1 aromatic carbocycles. The van der Waals surface area contributed by atoms with Crippen LogP contribution >= 0.6 is 0 Å². The molecule has 1 aliphatic heterocycles. The van der Waals surface area contributed by atoms with Gasteiger partial charge in [-0.3, -0.25) is 14.7 Å². The third-order valence-corrected chi connectivity index (χ3v) is 4.92. The number of rotatable bonds is 6. The number of alkyl halides is 1. The molecule has 152 valence electrons. The molecule has 3 aromatic rings. The molecule has 1 amide bonds. The standard InChI is InChI=1S/C21H23FN4O3/c22-7-3-19(15-4-8-23-9-5-15)26-11-6-16-13-17(1-2-18(16)26)29-21(27)25-20-14-24-10-12-28-20/h1-2,4-6,8-9,11,13,19-20,24H,3,7,10,12,14H2,(H,25,27). The zero-order valence-electron chi connectivity index (χ0n) is 15.9. The molecule has 0 saturated carbocycles. The lowest BCUT2D eigenvalue weighted by molar-refractivity contribution is 0.0105. The molecule has 1 fully saturated rings. The SMILES string of the molecule is O=C(NC1CNCCO1)Oc1ccc2c(ccn2C(CCF)c2ccncc2)c1. The van der Waals surface area contributed by atoms with Crippen molar-refractivity contribution in [2.75, 3.05) is 26.4 Å². The number of ether oxygens (including phenoxy) is 2. The van der Waals surface area contributed by atoms with Crippen LogP contribution in [0.1, 0.15) is 18.0 Å². The van der Waals surface area contributed by atoms with E-state index in [-0.39, 0.29) is 6.04 Å². The monoisotopic (exact) mass is 398 g/mol. The Morgan fingerprint density at radius 2 is 2.21 bits per heavy atom. The number of carbonyl (C=O) groups excluding carboxylic acids is 1. The minimum atomic E-state index is -0.565. The largest absolute Gasteiger partial charge is 0.414 e. The van der Waals surface area contributed by atoms with Crippen LogP contribution in [0.3, 0.4) is 0 Å². The maximum atomic E-state index is 13.2. The van der Waals surface area contributed by atoms with E-state index >= 15 is 0 Å². The molecule has 7 nitrogen and oxygen atoms in total. The molecule has 2 N–H and O–H groups in total. The van der Waals surface area contributed by atoms with E-state index < -0.39 is 19.0 Å². The van der Waals surface area contributed by atoms with Crippen molar-refractivity contribution in [1.82, 2.24) is 20.2 Å². The molecular weight excluding hydrogens is 375 g/mol. The average molecular weight is 398 g/mol. The molecule has 0 spiro atoms. The molecule has 4 rings (SSSR count). The number of pyridine rings is 1. The molecule has 3 heterocycles. The summed E-state index contributed by atoms with van der Waals surface area (Å²) in [6, 6.07) is 11.0. The highest BCUT2D eigenvalue weighted by atomic mass is 19.1. The van der Waals surface area contributed by atoms with E-state index in [1.54, 1.807) is 24.5 Å². The van der Waals surface area contributed by atoms with Crippen molar-refractivity contribution in [3.63, 3.8) is 0 Å². The van der Waals surface area contributed by atoms with Gasteiger partial charge in [0, 0.05) is 49.0 Å². The number of amides is 1. The molecule has 0 radical (unpaired) electrons. The summed E-state index contributed by atoms with van der Waals surface area (Å²) in [7, 11) is 0. The summed E-state index contributed by atoms with van der Waals surface area (Å²) in [5, 5.41) is 6.72. The minimum Gasteiger partial charge on any atom is -0.410 e. The first kappa shape index (κ1) is 19.4. The van der Waals surface area contributed by atoms with Crippen LogP contribution in [-0.4, -0.2) is 48.2 Å². The molecule has 8 heteroatoms. The van der Waals surface area contributed by atoms with Crippen LogP contribution in [0, 0.1) is 0 Å². The van der Waals surface area contributed by atoms with Gasteiger partial charge in [-0.15, -0.1) is 0 Å². The second-order valence-electron chi connectivity index (χ2n) is 6.82. The van der Waals surface area contributed by atoms with Gasteiger partial charge in [0.15, 0.2) is 0 Å². The first-order valence-corrected chi connectivity index (χ1v) is 9.62. The maximum absolute atomic E-state index is 13.2. The number of aromatic nitrogens is 2. The number of hydrogen-bond donors (Lipinski definition) is 2. The number of nitrogens with one attached hydrogen (secondary N) is 2. The van der Waals surface area contributed by atoms with Gasteiger partial charge in [-0.2, -0.15) is 0 Å². The number of benzene rings is 1. The molecule has 2 aromatic heterocycles. The Hall–Kier alpha value is -2.97. The molecule has 1 aliphatic rings. The van der Waals surface area contributed by atoms with Crippen LogP contribution in [0.25, 0.3) is 10.9 Å². The van der Waals surface area contributed by atoms with Crippen LogP contribution in [0.5, 0.6) is 5.75 Å². The topological polar surface area (TPSA) is 77.4 Å². The zero-order chi connectivity index (χ0) is 20.1. The number of hydrogen-bond acceptors (Lipinski definition) is 5. The third kappa shape index (κ3) is 4.55. The second-order valence-corrected chi connectivity index (χ2v) is 6.82. The van der Waals surface area contributed by atoms with E-state index in [9.17, 15) is 9.18 Å². The van der Waals surface area contributed by atoms with E-state index in [1.165, 1.54) is 0 Å². The van der Waals surface area contributed by atoms with Gasteiger partial charge in [0.1, 0.15) is 12.0 Å². The Labute approximate surface area is 167 Å². The summed E-state index contributed by atoms with van der Waals surface area (Å²) in [4.78, 5) is 16.1. The Morgan fingerprint density at radius 1 is 1.34 bits per heavy atom. The molecule has 2 unspecified atom stereocenters. The normalized spacial score (nSPS) is 17.8. The number of morpholine rings is 1. The Balaban J connectivity index is 1.51. The maximum Gasteiger partial charge on any atom is 0.414 e. The summed E-state index contributed by atoms with van der Waals surface area (Å²) in [6.07, 6.45) is 4.75. The minimum absolute atomic E-state index is 0.133. The zero-order valence-corrected chi connectivity index (χ0v) is 15.9. The van der Waals surface area contributed by atoms with Crippen LogP contribution in [0.2, 0.25) is 0 Å². The molecule has 0 aliphatic carbocycles. The molecule has 1 saturated heterocycles. The van der Waals surface area contributed by atoms with Crippen LogP contribution in [0.4, 0.5) is 9.18 Å². The van der Waals surface area contributed by atoms with Crippen molar-refractivity contribution in [1.29, 1.82) is 0 Å². The highest BCUT2D eigenvalue weighted by Crippen LogP contribution is 2.29. The number of fused-ring (bicyclic) bond motifs is 1. The van der Waals surface area contributed by atoms with E-state index in [4.69, 9.17) is 9.47 Å². The third-order valence-electron chi connectivity index (χ3n) is 4.92. The number of carbonyl (C=O) groups is 1. The van der Waals surface area contributed by atoms with Gasteiger partial charge in [-0.1, -0.05) is 0 Å². The second kappa shape index (κ2) is 9.02. The van der Waals surface area contributed by atoms with E-state index in [0.717, 1.165) is 23.0 Å².